The summed E-state index contributed by atoms with van der Waals surface area (Å²) in [7, 11) is 9.26. The largest absolute Gasteiger partial charge is 0.493 e. The highest BCUT2D eigenvalue weighted by atomic mass is 16.5. The zero-order valence-corrected chi connectivity index (χ0v) is 21.2. The van der Waals surface area contributed by atoms with Crippen molar-refractivity contribution in [3.63, 3.8) is 0 Å². The number of nitrogens with zero attached hydrogens (tertiary/aromatic N) is 3. The molecule has 0 saturated heterocycles. The molecule has 2 N–H and O–H groups in total. The zero-order chi connectivity index (χ0) is 26.4. The lowest BCUT2D eigenvalue weighted by molar-refractivity contribution is 0.324. The zero-order valence-electron chi connectivity index (χ0n) is 21.2. The summed E-state index contributed by atoms with van der Waals surface area (Å²) in [5.41, 5.74) is 1.85. The van der Waals surface area contributed by atoms with Crippen LogP contribution in [0, 0.1) is 0 Å². The molecule has 0 spiro atoms. The van der Waals surface area contributed by atoms with Gasteiger partial charge in [0.2, 0.25) is 11.5 Å². The molecule has 12 nitrogen and oxygen atoms in total. The quantitative estimate of drug-likeness (QED) is 0.291. The van der Waals surface area contributed by atoms with Crippen molar-refractivity contribution in [2.75, 3.05) is 53.3 Å². The number of ether oxygens (including phenoxy) is 6. The number of hydrogen-bond acceptors (Lipinski definition) is 12. The Morgan fingerprint density at radius 1 is 0.649 bits per heavy atom. The first-order chi connectivity index (χ1) is 18.0. The van der Waals surface area contributed by atoms with Crippen LogP contribution in [0.5, 0.6) is 34.5 Å². The second-order valence-electron chi connectivity index (χ2n) is 7.39. The van der Waals surface area contributed by atoms with Gasteiger partial charge in [-0.2, -0.15) is 0 Å². The van der Waals surface area contributed by atoms with Crippen LogP contribution in [0.15, 0.2) is 47.0 Å². The van der Waals surface area contributed by atoms with E-state index in [-0.39, 0.29) is 11.9 Å². The van der Waals surface area contributed by atoms with Gasteiger partial charge in [-0.15, -0.1) is 5.10 Å². The van der Waals surface area contributed by atoms with E-state index in [1.165, 1.54) is 21.3 Å². The minimum Gasteiger partial charge on any atom is -0.493 e. The van der Waals surface area contributed by atoms with Gasteiger partial charge in [0.05, 0.1) is 53.9 Å². The number of hydrogen-bond donors (Lipinski definition) is 2. The van der Waals surface area contributed by atoms with E-state index >= 15 is 0 Å². The van der Waals surface area contributed by atoms with Gasteiger partial charge >= 0.3 is 6.01 Å². The van der Waals surface area contributed by atoms with Crippen LogP contribution >= 0.6 is 0 Å². The molecule has 0 fully saturated rings. The highest BCUT2D eigenvalue weighted by Crippen LogP contribution is 2.42. The molecule has 0 unspecified atom stereocenters. The number of methoxy groups -OCH3 is 6. The van der Waals surface area contributed by atoms with E-state index in [1.807, 2.05) is 6.07 Å². The van der Waals surface area contributed by atoms with E-state index < -0.39 is 0 Å². The standard InChI is InChI=1S/C25H27N5O7/c1-31-17-10-14(11-18(32-2)21(17)35-5)27-23-16(8-7-9-26-23)24-29-30-25(37-24)28-15-12-19(33-3)22(36-6)20(13-15)34-4/h7-13H,1-6H3,(H,26,27)(H,28,30). The Hall–Kier alpha value is -4.87. The van der Waals surface area contributed by atoms with Gasteiger partial charge in [-0.1, -0.05) is 5.10 Å². The maximum atomic E-state index is 5.89. The molecule has 2 aromatic heterocycles. The third kappa shape index (κ3) is 5.22. The van der Waals surface area contributed by atoms with Crippen LogP contribution in [-0.2, 0) is 0 Å². The smallest absolute Gasteiger partial charge is 0.320 e. The van der Waals surface area contributed by atoms with E-state index in [0.717, 1.165) is 0 Å². The Labute approximate surface area is 213 Å². The molecule has 0 radical (unpaired) electrons. The first kappa shape index (κ1) is 25.2. The summed E-state index contributed by atoms with van der Waals surface area (Å²) < 4.78 is 38.3. The SMILES string of the molecule is COc1cc(Nc2nnc(-c3cccnc3Nc3cc(OC)c(OC)c(OC)c3)o2)cc(OC)c1OC. The van der Waals surface area contributed by atoms with Crippen molar-refractivity contribution in [2.45, 2.75) is 0 Å². The molecule has 0 amide bonds. The van der Waals surface area contributed by atoms with Crippen LogP contribution < -0.4 is 39.1 Å². The molecular weight excluding hydrogens is 482 g/mol. The van der Waals surface area contributed by atoms with Crippen molar-refractivity contribution in [2.24, 2.45) is 0 Å². The number of benzene rings is 2. The molecule has 0 atom stereocenters. The number of pyridine rings is 1. The average Bonchev–Trinajstić information content (AvgIpc) is 3.40. The van der Waals surface area contributed by atoms with E-state index in [4.69, 9.17) is 32.8 Å². The number of aromatic nitrogens is 3. The van der Waals surface area contributed by atoms with Gasteiger partial charge in [0, 0.05) is 36.1 Å². The van der Waals surface area contributed by atoms with Crippen molar-refractivity contribution < 1.29 is 32.8 Å². The average molecular weight is 510 g/mol. The van der Waals surface area contributed by atoms with Crippen LogP contribution in [-0.4, -0.2) is 57.8 Å². The Morgan fingerprint density at radius 3 is 1.65 bits per heavy atom. The third-order valence-corrected chi connectivity index (χ3v) is 5.31. The Kier molecular flexibility index (Phi) is 7.67. The monoisotopic (exact) mass is 509 g/mol. The van der Waals surface area contributed by atoms with E-state index in [9.17, 15) is 0 Å². The van der Waals surface area contributed by atoms with E-state index in [1.54, 1.807) is 57.9 Å². The Bertz CT molecular complexity index is 1330. The summed E-state index contributed by atoms with van der Waals surface area (Å²) in [6, 6.07) is 10.7. The van der Waals surface area contributed by atoms with Gasteiger partial charge in [-0.05, 0) is 12.1 Å². The second kappa shape index (κ2) is 11.2. The minimum atomic E-state index is 0.159. The van der Waals surface area contributed by atoms with Crippen LogP contribution in [0.1, 0.15) is 0 Å². The summed E-state index contributed by atoms with van der Waals surface area (Å²) in [6.07, 6.45) is 1.65. The van der Waals surface area contributed by atoms with Crippen molar-refractivity contribution in [1.29, 1.82) is 0 Å². The van der Waals surface area contributed by atoms with Gasteiger partial charge in [0.15, 0.2) is 23.0 Å². The molecule has 2 heterocycles. The van der Waals surface area contributed by atoms with Gasteiger partial charge in [0.25, 0.3) is 5.89 Å². The molecular formula is C25H27N5O7. The highest BCUT2D eigenvalue weighted by molar-refractivity contribution is 5.76. The van der Waals surface area contributed by atoms with Gasteiger partial charge in [-0.3, -0.25) is 0 Å². The molecule has 0 aliphatic carbocycles. The maximum Gasteiger partial charge on any atom is 0.320 e. The summed E-state index contributed by atoms with van der Waals surface area (Å²) in [5.74, 6) is 3.64. The predicted octanol–water partition coefficient (Wildman–Crippen LogP) is 4.67. The lowest BCUT2D eigenvalue weighted by Gasteiger charge is -2.15. The molecule has 0 aliphatic heterocycles. The molecule has 37 heavy (non-hydrogen) atoms. The third-order valence-electron chi connectivity index (χ3n) is 5.31. The van der Waals surface area contributed by atoms with Crippen molar-refractivity contribution in [3.05, 3.63) is 42.6 Å². The fourth-order valence-corrected chi connectivity index (χ4v) is 3.63. The van der Waals surface area contributed by atoms with Crippen molar-refractivity contribution in [3.8, 4) is 46.0 Å². The molecule has 4 rings (SSSR count). The molecule has 12 heteroatoms. The normalized spacial score (nSPS) is 10.4. The first-order valence-electron chi connectivity index (χ1n) is 11.0. The van der Waals surface area contributed by atoms with Gasteiger partial charge < -0.3 is 43.5 Å². The van der Waals surface area contributed by atoms with Crippen LogP contribution in [0.2, 0.25) is 0 Å². The molecule has 194 valence electrons. The van der Waals surface area contributed by atoms with Crippen LogP contribution in [0.25, 0.3) is 11.5 Å². The molecule has 0 aliphatic rings. The molecule has 2 aromatic carbocycles. The van der Waals surface area contributed by atoms with Gasteiger partial charge in [0.1, 0.15) is 5.82 Å². The van der Waals surface area contributed by atoms with Crippen LogP contribution in [0.4, 0.5) is 23.2 Å². The second-order valence-corrected chi connectivity index (χ2v) is 7.39. The topological polar surface area (TPSA) is 131 Å². The highest BCUT2D eigenvalue weighted by Gasteiger charge is 2.19. The lowest BCUT2D eigenvalue weighted by Crippen LogP contribution is -2.00. The minimum absolute atomic E-state index is 0.159. The number of nitrogens with one attached hydrogen (secondary N) is 2. The Morgan fingerprint density at radius 2 is 1.16 bits per heavy atom. The van der Waals surface area contributed by atoms with Gasteiger partial charge in [-0.25, -0.2) is 4.98 Å². The van der Waals surface area contributed by atoms with E-state index in [2.05, 4.69) is 25.8 Å². The Balaban J connectivity index is 1.62. The summed E-state index contributed by atoms with van der Waals surface area (Å²) in [5, 5.41) is 14.6. The fraction of sp³-hybridized carbons (Fsp3) is 0.240. The summed E-state index contributed by atoms with van der Waals surface area (Å²) in [6.45, 7) is 0. The number of anilines is 4. The lowest BCUT2D eigenvalue weighted by atomic mass is 10.2. The van der Waals surface area contributed by atoms with Crippen LogP contribution in [0.3, 0.4) is 0 Å². The summed E-state index contributed by atoms with van der Waals surface area (Å²) >= 11 is 0. The van der Waals surface area contributed by atoms with Crippen molar-refractivity contribution >= 4 is 23.2 Å². The first-order valence-corrected chi connectivity index (χ1v) is 11.0. The predicted molar refractivity (Wildman–Crippen MR) is 136 cm³/mol. The summed E-state index contributed by atoms with van der Waals surface area (Å²) in [4.78, 5) is 4.44. The number of rotatable bonds is 11. The van der Waals surface area contributed by atoms with E-state index in [0.29, 0.717) is 57.3 Å². The molecule has 0 saturated carbocycles. The molecule has 4 aromatic rings. The fourth-order valence-electron chi connectivity index (χ4n) is 3.63. The molecule has 0 bridgehead atoms. The van der Waals surface area contributed by atoms with Crippen molar-refractivity contribution in [1.82, 2.24) is 15.2 Å². The maximum absolute atomic E-state index is 5.89.